The summed E-state index contributed by atoms with van der Waals surface area (Å²) in [5, 5.41) is 3.56. The zero-order valence-corrected chi connectivity index (χ0v) is 13.9. The Morgan fingerprint density at radius 3 is 2.67 bits per heavy atom. The number of anilines is 1. The number of rotatable bonds is 5. The van der Waals surface area contributed by atoms with Crippen LogP contribution in [-0.2, 0) is 0 Å². The van der Waals surface area contributed by atoms with Gasteiger partial charge in [0.25, 0.3) is 5.91 Å². The summed E-state index contributed by atoms with van der Waals surface area (Å²) in [6.07, 6.45) is 1.69. The van der Waals surface area contributed by atoms with Crippen LogP contribution in [0.25, 0.3) is 0 Å². The number of carbonyl (C=O) groups excluding carboxylic acids is 1. The zero-order chi connectivity index (χ0) is 16.8. The molecule has 0 saturated carbocycles. The van der Waals surface area contributed by atoms with Crippen molar-refractivity contribution >= 4 is 23.4 Å². The highest BCUT2D eigenvalue weighted by molar-refractivity contribution is 7.99. The molecule has 0 radical (unpaired) electrons. The van der Waals surface area contributed by atoms with Crippen molar-refractivity contribution in [2.45, 2.75) is 9.92 Å². The van der Waals surface area contributed by atoms with Crippen LogP contribution < -0.4 is 10.1 Å². The molecule has 0 atom stereocenters. The van der Waals surface area contributed by atoms with E-state index in [1.165, 1.54) is 11.8 Å². The van der Waals surface area contributed by atoms with Crippen molar-refractivity contribution in [3.8, 4) is 5.75 Å². The number of aromatic nitrogens is 1. The third kappa shape index (κ3) is 3.94. The summed E-state index contributed by atoms with van der Waals surface area (Å²) in [5.41, 5.74) is 1.22. The molecule has 1 heterocycles. The smallest absolute Gasteiger partial charge is 0.258 e. The van der Waals surface area contributed by atoms with E-state index in [4.69, 9.17) is 4.74 Å². The Morgan fingerprint density at radius 2 is 1.88 bits per heavy atom. The van der Waals surface area contributed by atoms with Crippen LogP contribution in [0.15, 0.2) is 82.8 Å². The summed E-state index contributed by atoms with van der Waals surface area (Å²) in [6.45, 7) is 0. The van der Waals surface area contributed by atoms with E-state index < -0.39 is 0 Å². The molecule has 3 rings (SSSR count). The molecule has 4 nitrogen and oxygen atoms in total. The minimum Gasteiger partial charge on any atom is -0.497 e. The number of carbonyl (C=O) groups is 1. The largest absolute Gasteiger partial charge is 0.497 e. The molecule has 0 unspecified atom stereocenters. The van der Waals surface area contributed by atoms with Gasteiger partial charge in [0, 0.05) is 22.8 Å². The Labute approximate surface area is 144 Å². The van der Waals surface area contributed by atoms with E-state index in [1.54, 1.807) is 31.5 Å². The molecule has 5 heteroatoms. The summed E-state index contributed by atoms with van der Waals surface area (Å²) in [7, 11) is 1.59. The molecular formula is C19H16N2O2S. The minimum absolute atomic E-state index is 0.199. The van der Waals surface area contributed by atoms with Crippen molar-refractivity contribution < 1.29 is 9.53 Å². The van der Waals surface area contributed by atoms with Crippen LogP contribution >= 0.6 is 11.8 Å². The first kappa shape index (κ1) is 16.1. The minimum atomic E-state index is -0.199. The molecule has 3 aromatic rings. The lowest BCUT2D eigenvalue weighted by molar-refractivity contribution is 0.102. The van der Waals surface area contributed by atoms with Gasteiger partial charge in [0.1, 0.15) is 10.8 Å². The Hall–Kier alpha value is -2.79. The molecule has 0 aliphatic heterocycles. The lowest BCUT2D eigenvalue weighted by atomic mass is 10.2. The first-order valence-electron chi connectivity index (χ1n) is 7.39. The fourth-order valence-corrected chi connectivity index (χ4v) is 3.05. The van der Waals surface area contributed by atoms with Crippen molar-refractivity contribution in [2.24, 2.45) is 0 Å². The van der Waals surface area contributed by atoms with Gasteiger partial charge >= 0.3 is 0 Å². The molecule has 1 N–H and O–H groups in total. The molecule has 1 aromatic heterocycles. The van der Waals surface area contributed by atoms with Gasteiger partial charge in [0.05, 0.1) is 12.7 Å². The molecule has 2 aromatic carbocycles. The predicted octanol–water partition coefficient (Wildman–Crippen LogP) is 4.49. The van der Waals surface area contributed by atoms with Crippen molar-refractivity contribution in [1.82, 2.24) is 4.98 Å². The normalized spacial score (nSPS) is 10.2. The van der Waals surface area contributed by atoms with Gasteiger partial charge in [-0.3, -0.25) is 4.79 Å². The van der Waals surface area contributed by atoms with Crippen LogP contribution in [0.2, 0.25) is 0 Å². The van der Waals surface area contributed by atoms with Crippen molar-refractivity contribution in [3.05, 3.63) is 78.5 Å². The summed E-state index contributed by atoms with van der Waals surface area (Å²) >= 11 is 1.46. The number of hydrogen-bond acceptors (Lipinski definition) is 4. The lowest BCUT2D eigenvalue weighted by Gasteiger charge is -2.10. The van der Waals surface area contributed by atoms with Gasteiger partial charge < -0.3 is 10.1 Å². The number of benzene rings is 2. The summed E-state index contributed by atoms with van der Waals surface area (Å²) in [5.74, 6) is 0.493. The maximum atomic E-state index is 12.6. The first-order valence-corrected chi connectivity index (χ1v) is 8.21. The maximum Gasteiger partial charge on any atom is 0.258 e. The molecule has 1 amide bonds. The van der Waals surface area contributed by atoms with Crippen molar-refractivity contribution in [1.29, 1.82) is 0 Å². The zero-order valence-electron chi connectivity index (χ0n) is 13.1. The van der Waals surface area contributed by atoms with Crippen LogP contribution in [0, 0.1) is 0 Å². The predicted molar refractivity (Wildman–Crippen MR) is 95.7 cm³/mol. The highest BCUT2D eigenvalue weighted by atomic mass is 32.2. The molecule has 0 aliphatic rings. The standard InChI is InChI=1S/C19H16N2O2S/c1-23-15-8-5-7-14(13-15)21-18(22)17-11-6-12-20-19(17)24-16-9-3-2-4-10-16/h2-13H,1H3,(H,21,22). The topological polar surface area (TPSA) is 51.2 Å². The van der Waals surface area contributed by atoms with Crippen LogP contribution in [0.1, 0.15) is 10.4 Å². The molecule has 0 saturated heterocycles. The van der Waals surface area contributed by atoms with E-state index in [-0.39, 0.29) is 5.91 Å². The number of pyridine rings is 1. The van der Waals surface area contributed by atoms with Crippen LogP contribution in [0.5, 0.6) is 5.75 Å². The molecule has 120 valence electrons. The molecular weight excluding hydrogens is 320 g/mol. The van der Waals surface area contributed by atoms with Gasteiger partial charge in [-0.05, 0) is 36.4 Å². The Morgan fingerprint density at radius 1 is 1.04 bits per heavy atom. The van der Waals surface area contributed by atoms with E-state index in [0.717, 1.165) is 4.90 Å². The van der Waals surface area contributed by atoms with Gasteiger partial charge in [0.15, 0.2) is 0 Å². The fourth-order valence-electron chi connectivity index (χ4n) is 2.14. The Balaban J connectivity index is 1.82. The molecule has 0 aliphatic carbocycles. The van der Waals surface area contributed by atoms with Gasteiger partial charge in [-0.25, -0.2) is 4.98 Å². The third-order valence-electron chi connectivity index (χ3n) is 3.30. The number of nitrogens with zero attached hydrogens (tertiary/aromatic N) is 1. The van der Waals surface area contributed by atoms with E-state index in [9.17, 15) is 4.79 Å². The molecule has 24 heavy (non-hydrogen) atoms. The average Bonchev–Trinajstić information content (AvgIpc) is 2.63. The van der Waals surface area contributed by atoms with E-state index in [0.29, 0.717) is 22.0 Å². The summed E-state index contributed by atoms with van der Waals surface area (Å²) < 4.78 is 5.18. The van der Waals surface area contributed by atoms with Gasteiger partial charge in [0.2, 0.25) is 0 Å². The third-order valence-corrected chi connectivity index (χ3v) is 4.33. The Kier molecular flexibility index (Phi) is 5.13. The maximum absolute atomic E-state index is 12.6. The van der Waals surface area contributed by atoms with E-state index in [2.05, 4.69) is 10.3 Å². The second-order valence-electron chi connectivity index (χ2n) is 4.96. The SMILES string of the molecule is COc1cccc(NC(=O)c2cccnc2Sc2ccccc2)c1. The van der Waals surface area contributed by atoms with Crippen molar-refractivity contribution in [2.75, 3.05) is 12.4 Å². The molecule has 0 spiro atoms. The monoisotopic (exact) mass is 336 g/mol. The van der Waals surface area contributed by atoms with Gasteiger partial charge in [-0.15, -0.1) is 0 Å². The highest BCUT2D eigenvalue weighted by Gasteiger charge is 2.14. The fraction of sp³-hybridized carbons (Fsp3) is 0.0526. The number of ether oxygens (including phenoxy) is 1. The van der Waals surface area contributed by atoms with E-state index in [1.807, 2.05) is 48.5 Å². The van der Waals surface area contributed by atoms with Crippen LogP contribution in [-0.4, -0.2) is 18.0 Å². The second kappa shape index (κ2) is 7.66. The summed E-state index contributed by atoms with van der Waals surface area (Å²) in [6, 6.07) is 20.6. The number of methoxy groups -OCH3 is 1. The highest BCUT2D eigenvalue weighted by Crippen LogP contribution is 2.29. The molecule has 0 fully saturated rings. The number of amides is 1. The first-order chi connectivity index (χ1) is 11.8. The number of nitrogens with one attached hydrogen (secondary N) is 1. The van der Waals surface area contributed by atoms with Crippen LogP contribution in [0.4, 0.5) is 5.69 Å². The average molecular weight is 336 g/mol. The van der Waals surface area contributed by atoms with E-state index >= 15 is 0 Å². The van der Waals surface area contributed by atoms with Crippen molar-refractivity contribution in [3.63, 3.8) is 0 Å². The van der Waals surface area contributed by atoms with Gasteiger partial charge in [-0.2, -0.15) is 0 Å². The van der Waals surface area contributed by atoms with Gasteiger partial charge in [-0.1, -0.05) is 36.0 Å². The lowest BCUT2D eigenvalue weighted by Crippen LogP contribution is -2.13. The summed E-state index contributed by atoms with van der Waals surface area (Å²) in [4.78, 5) is 18.0. The second-order valence-corrected chi connectivity index (χ2v) is 6.02. The number of hydrogen-bond donors (Lipinski definition) is 1. The van der Waals surface area contributed by atoms with Crippen LogP contribution in [0.3, 0.4) is 0 Å². The quantitative estimate of drug-likeness (QED) is 0.745. The Bertz CT molecular complexity index is 838. The molecule has 0 bridgehead atoms.